The minimum atomic E-state index is -2.15. The zero-order valence-corrected chi connectivity index (χ0v) is 20.5. The molecule has 0 spiro atoms. The highest BCUT2D eigenvalue weighted by Crippen LogP contribution is 2.40. The van der Waals surface area contributed by atoms with Gasteiger partial charge in [-0.2, -0.15) is 4.57 Å². The molecule has 0 aliphatic carbocycles. The first kappa shape index (κ1) is 24.3. The van der Waals surface area contributed by atoms with E-state index in [-0.39, 0.29) is 22.8 Å². The van der Waals surface area contributed by atoms with Gasteiger partial charge in [-0.05, 0) is 37.2 Å². The van der Waals surface area contributed by atoms with Crippen molar-refractivity contribution in [1.29, 1.82) is 0 Å². The first-order valence-corrected chi connectivity index (χ1v) is 13.7. The van der Waals surface area contributed by atoms with Crippen LogP contribution >= 0.6 is 0 Å². The zero-order valence-electron chi connectivity index (χ0n) is 19.5. The Balaban J connectivity index is 1.98. The fraction of sp³-hybridized carbons (Fsp3) is 0.522. The van der Waals surface area contributed by atoms with Crippen molar-refractivity contribution in [3.8, 4) is 0 Å². The third-order valence-electron chi connectivity index (χ3n) is 6.43. The summed E-state index contributed by atoms with van der Waals surface area (Å²) < 4.78 is 14.3. The van der Waals surface area contributed by atoms with E-state index in [4.69, 9.17) is 9.16 Å². The first-order chi connectivity index (χ1) is 14.9. The van der Waals surface area contributed by atoms with Crippen LogP contribution in [-0.2, 0) is 9.16 Å². The average molecular weight is 461 g/mol. The molecule has 1 fully saturated rings. The Morgan fingerprint density at radius 3 is 2.41 bits per heavy atom. The summed E-state index contributed by atoms with van der Waals surface area (Å²) >= 11 is 0. The zero-order chi connectivity index (χ0) is 23.8. The number of aliphatic hydroxyl groups excluding tert-OH is 1. The predicted octanol–water partition coefficient (Wildman–Crippen LogP) is 2.68. The number of benzene rings is 1. The van der Waals surface area contributed by atoms with Crippen molar-refractivity contribution in [2.24, 2.45) is 0 Å². The van der Waals surface area contributed by atoms with Gasteiger partial charge in [0.25, 0.3) is 11.5 Å². The normalized spacial score (nSPS) is 21.7. The van der Waals surface area contributed by atoms with Crippen molar-refractivity contribution >= 4 is 14.2 Å². The number of hydrogen-bond donors (Lipinski definition) is 1. The Kier molecular flexibility index (Phi) is 6.76. The number of carbonyl (C=O) groups excluding carboxylic acids is 1. The van der Waals surface area contributed by atoms with Gasteiger partial charge in [-0.3, -0.25) is 14.2 Å². The van der Waals surface area contributed by atoms with Crippen molar-refractivity contribution < 1.29 is 19.1 Å². The molecule has 1 N–H and O–H groups in total. The van der Waals surface area contributed by atoms with Gasteiger partial charge in [-0.1, -0.05) is 39.0 Å². The lowest BCUT2D eigenvalue weighted by Crippen LogP contribution is -2.46. The Labute approximate surface area is 188 Å². The second-order valence-corrected chi connectivity index (χ2v) is 14.5. The van der Waals surface area contributed by atoms with E-state index in [2.05, 4.69) is 33.9 Å². The van der Waals surface area contributed by atoms with Crippen LogP contribution in [0.1, 0.15) is 49.3 Å². The van der Waals surface area contributed by atoms with Gasteiger partial charge in [-0.25, -0.2) is 4.79 Å². The Morgan fingerprint density at radius 1 is 1.22 bits per heavy atom. The van der Waals surface area contributed by atoms with Gasteiger partial charge < -0.3 is 14.3 Å². The molecule has 0 saturated carbocycles. The van der Waals surface area contributed by atoms with Gasteiger partial charge in [0.15, 0.2) is 8.32 Å². The van der Waals surface area contributed by atoms with Crippen LogP contribution in [0, 0.1) is 6.92 Å². The lowest BCUT2D eigenvalue weighted by Gasteiger charge is -2.39. The van der Waals surface area contributed by atoms with Crippen LogP contribution in [-0.4, -0.2) is 47.3 Å². The summed E-state index contributed by atoms with van der Waals surface area (Å²) in [5.74, 6) is -0.691. The van der Waals surface area contributed by atoms with Crippen LogP contribution in [0.4, 0.5) is 0 Å². The molecule has 0 bridgehead atoms. The molecule has 32 heavy (non-hydrogen) atoms. The number of carbonyl (C=O) groups is 1. The minimum absolute atomic E-state index is 0.0339. The standard InChI is InChI=1S/C23H32N2O6Si/c1-15-13-24(22(29)25(20(15)27)21(28)16-10-8-7-9-11-16)19-12-17(18(14-26)30-19)31-32(5,6)23(2,3)4/h7-11,13,17-19,26H,12,14H2,1-6H3/t17-,18+,19+/m0/s1. The second kappa shape index (κ2) is 8.90. The summed E-state index contributed by atoms with van der Waals surface area (Å²) in [6.07, 6.45) is -0.0272. The topological polar surface area (TPSA) is 99.8 Å². The maximum absolute atomic E-state index is 13.2. The monoisotopic (exact) mass is 460 g/mol. The van der Waals surface area contributed by atoms with Gasteiger partial charge in [0.2, 0.25) is 0 Å². The van der Waals surface area contributed by atoms with Crippen molar-refractivity contribution in [3.05, 3.63) is 68.5 Å². The molecule has 1 aromatic heterocycles. The fourth-order valence-corrected chi connectivity index (χ4v) is 4.87. The highest BCUT2D eigenvalue weighted by molar-refractivity contribution is 6.74. The number of ether oxygens (including phenoxy) is 1. The van der Waals surface area contributed by atoms with Crippen LogP contribution in [0.2, 0.25) is 18.1 Å². The van der Waals surface area contributed by atoms with E-state index in [0.29, 0.717) is 11.0 Å². The quantitative estimate of drug-likeness (QED) is 0.689. The molecule has 1 saturated heterocycles. The number of nitrogens with zero attached hydrogens (tertiary/aromatic N) is 2. The summed E-state index contributed by atoms with van der Waals surface area (Å²) in [5.41, 5.74) is -0.953. The molecule has 1 aromatic carbocycles. The van der Waals surface area contributed by atoms with Crippen LogP contribution in [0.3, 0.4) is 0 Å². The van der Waals surface area contributed by atoms with Crippen LogP contribution < -0.4 is 11.2 Å². The molecule has 1 aliphatic heterocycles. The largest absolute Gasteiger partial charge is 0.411 e. The summed E-state index contributed by atoms with van der Waals surface area (Å²) in [5, 5.41) is 9.84. The van der Waals surface area contributed by atoms with E-state index in [1.807, 2.05) is 0 Å². The molecule has 0 unspecified atom stereocenters. The Bertz CT molecular complexity index is 1100. The maximum Gasteiger partial charge on any atom is 0.340 e. The van der Waals surface area contributed by atoms with Crippen molar-refractivity contribution in [2.45, 2.75) is 70.7 Å². The Morgan fingerprint density at radius 2 is 1.84 bits per heavy atom. The lowest BCUT2D eigenvalue weighted by atomic mass is 10.2. The van der Waals surface area contributed by atoms with E-state index in [1.54, 1.807) is 37.3 Å². The summed E-state index contributed by atoms with van der Waals surface area (Å²) in [7, 11) is -2.15. The number of aryl methyl sites for hydroxylation is 1. The number of hydrogen-bond acceptors (Lipinski definition) is 6. The van der Waals surface area contributed by atoms with Crippen molar-refractivity contribution in [2.75, 3.05) is 6.61 Å². The third-order valence-corrected chi connectivity index (χ3v) is 10.9. The van der Waals surface area contributed by atoms with Gasteiger partial charge in [0, 0.05) is 23.7 Å². The SMILES string of the molecule is Cc1cn([C@H]2C[C@H](O[Si](C)(C)C(C)(C)C)[C@@H](CO)O2)c(=O)n(C(=O)c2ccccc2)c1=O. The molecule has 0 radical (unpaired) electrons. The fourth-order valence-electron chi connectivity index (χ4n) is 3.51. The summed E-state index contributed by atoms with van der Waals surface area (Å²) in [6.45, 7) is 11.9. The molecule has 2 heterocycles. The smallest absolute Gasteiger partial charge is 0.340 e. The van der Waals surface area contributed by atoms with E-state index in [0.717, 1.165) is 0 Å². The molecule has 2 aromatic rings. The number of aromatic nitrogens is 2. The first-order valence-electron chi connectivity index (χ1n) is 10.8. The molecule has 3 atom stereocenters. The van der Waals surface area contributed by atoms with Gasteiger partial charge in [0.05, 0.1) is 12.7 Å². The number of aliphatic hydroxyl groups is 1. The molecular weight excluding hydrogens is 428 g/mol. The molecule has 9 heteroatoms. The third kappa shape index (κ3) is 4.56. The Hall–Kier alpha value is -2.33. The van der Waals surface area contributed by atoms with Crippen molar-refractivity contribution in [3.63, 3.8) is 0 Å². The highest BCUT2D eigenvalue weighted by atomic mass is 28.4. The molecule has 1 aliphatic rings. The number of rotatable bonds is 5. The average Bonchev–Trinajstić information content (AvgIpc) is 3.12. The molecular formula is C23H32N2O6Si. The van der Waals surface area contributed by atoms with E-state index in [1.165, 1.54) is 10.8 Å². The van der Waals surface area contributed by atoms with E-state index >= 15 is 0 Å². The van der Waals surface area contributed by atoms with E-state index in [9.17, 15) is 19.5 Å². The minimum Gasteiger partial charge on any atom is -0.411 e. The molecule has 8 nitrogen and oxygen atoms in total. The molecule has 174 valence electrons. The van der Waals surface area contributed by atoms with Gasteiger partial charge >= 0.3 is 5.69 Å². The lowest BCUT2D eigenvalue weighted by molar-refractivity contribution is -0.0442. The summed E-state index contributed by atoms with van der Waals surface area (Å²) in [6, 6.07) is 8.19. The van der Waals surface area contributed by atoms with Crippen molar-refractivity contribution in [1.82, 2.24) is 9.13 Å². The summed E-state index contributed by atoms with van der Waals surface area (Å²) in [4.78, 5) is 38.8. The van der Waals surface area contributed by atoms with Gasteiger partial charge in [-0.15, -0.1) is 0 Å². The van der Waals surface area contributed by atoms with Crippen LogP contribution in [0.15, 0.2) is 46.1 Å². The second-order valence-electron chi connectivity index (χ2n) is 9.78. The van der Waals surface area contributed by atoms with Crippen LogP contribution in [0.5, 0.6) is 0 Å². The molecule has 3 rings (SSSR count). The highest BCUT2D eigenvalue weighted by Gasteiger charge is 2.45. The predicted molar refractivity (Wildman–Crippen MR) is 124 cm³/mol. The maximum atomic E-state index is 13.2. The molecule has 0 amide bonds. The van der Waals surface area contributed by atoms with Crippen LogP contribution in [0.25, 0.3) is 0 Å². The van der Waals surface area contributed by atoms with E-state index < -0.39 is 43.9 Å². The van der Waals surface area contributed by atoms with Gasteiger partial charge in [0.1, 0.15) is 12.3 Å².